The first-order chi connectivity index (χ1) is 12.6. The van der Waals surface area contributed by atoms with Crippen LogP contribution in [-0.4, -0.2) is 17.5 Å². The third-order valence-electron chi connectivity index (χ3n) is 3.81. The van der Waals surface area contributed by atoms with Gasteiger partial charge in [-0.25, -0.2) is 4.98 Å². The molecule has 26 heavy (non-hydrogen) atoms. The van der Waals surface area contributed by atoms with Gasteiger partial charge in [0.25, 0.3) is 0 Å². The number of amides is 1. The van der Waals surface area contributed by atoms with E-state index in [9.17, 15) is 4.79 Å². The predicted molar refractivity (Wildman–Crippen MR) is 106 cm³/mol. The summed E-state index contributed by atoms with van der Waals surface area (Å²) in [6.07, 6.45) is 0.289. The Morgan fingerprint density at radius 1 is 1.19 bits per heavy atom. The number of thiazole rings is 1. The highest BCUT2D eigenvalue weighted by molar-refractivity contribution is 7.13. The van der Waals surface area contributed by atoms with E-state index >= 15 is 0 Å². The molecule has 0 unspecified atom stereocenters. The van der Waals surface area contributed by atoms with Gasteiger partial charge in [-0.3, -0.25) is 4.79 Å². The van der Waals surface area contributed by atoms with Crippen molar-refractivity contribution in [1.29, 1.82) is 0 Å². The van der Waals surface area contributed by atoms with Crippen LogP contribution in [0.4, 0.5) is 0 Å². The topological polar surface area (TPSA) is 51.2 Å². The van der Waals surface area contributed by atoms with Gasteiger partial charge < -0.3 is 10.1 Å². The lowest BCUT2D eigenvalue weighted by molar-refractivity contribution is -0.121. The van der Waals surface area contributed by atoms with Crippen LogP contribution in [0.2, 0.25) is 5.02 Å². The Balaban J connectivity index is 1.45. The first-order valence-electron chi connectivity index (χ1n) is 8.27. The number of hydrogen-bond acceptors (Lipinski definition) is 4. The van der Waals surface area contributed by atoms with Gasteiger partial charge in [0.15, 0.2) is 0 Å². The fourth-order valence-electron chi connectivity index (χ4n) is 2.39. The molecule has 0 spiro atoms. The molecule has 2 aromatic carbocycles. The number of rotatable bonds is 7. The van der Waals surface area contributed by atoms with Gasteiger partial charge in [0.2, 0.25) is 5.91 Å². The van der Waals surface area contributed by atoms with E-state index in [0.29, 0.717) is 23.9 Å². The molecule has 1 amide bonds. The van der Waals surface area contributed by atoms with Crippen LogP contribution in [0.3, 0.4) is 0 Å². The zero-order valence-corrected chi connectivity index (χ0v) is 15.9. The number of halogens is 1. The largest absolute Gasteiger partial charge is 0.493 e. The van der Waals surface area contributed by atoms with Gasteiger partial charge >= 0.3 is 0 Å². The van der Waals surface area contributed by atoms with Gasteiger partial charge in [-0.2, -0.15) is 0 Å². The summed E-state index contributed by atoms with van der Waals surface area (Å²) in [5.74, 6) is 0.633. The van der Waals surface area contributed by atoms with Crippen molar-refractivity contribution in [2.24, 2.45) is 0 Å². The lowest BCUT2D eigenvalue weighted by Gasteiger charge is -2.06. The molecule has 0 radical (unpaired) electrons. The lowest BCUT2D eigenvalue weighted by atomic mass is 10.1. The Hall–Kier alpha value is -2.37. The molecule has 0 bridgehead atoms. The van der Waals surface area contributed by atoms with E-state index in [1.54, 1.807) is 35.6 Å². The molecule has 0 saturated carbocycles. The number of nitrogens with zero attached hydrogens (tertiary/aromatic N) is 1. The summed E-state index contributed by atoms with van der Waals surface area (Å²) in [6, 6.07) is 15.2. The van der Waals surface area contributed by atoms with Crippen LogP contribution in [0.15, 0.2) is 53.9 Å². The Morgan fingerprint density at radius 2 is 1.96 bits per heavy atom. The van der Waals surface area contributed by atoms with Crippen LogP contribution < -0.4 is 10.1 Å². The Morgan fingerprint density at radius 3 is 2.73 bits per heavy atom. The van der Waals surface area contributed by atoms with Crippen molar-refractivity contribution in [2.75, 3.05) is 6.61 Å². The minimum atomic E-state index is -0.0654. The smallest absolute Gasteiger partial charge is 0.223 e. The summed E-state index contributed by atoms with van der Waals surface area (Å²) >= 11 is 7.41. The number of carbonyl (C=O) groups is 1. The first-order valence-corrected chi connectivity index (χ1v) is 9.53. The van der Waals surface area contributed by atoms with Gasteiger partial charge in [0.1, 0.15) is 10.8 Å². The second-order valence-electron chi connectivity index (χ2n) is 5.79. The fourth-order valence-corrected chi connectivity index (χ4v) is 3.43. The SMILES string of the molecule is Cc1ccccc1-c1nc(CNC(=O)CCOc2ccc(Cl)cc2)cs1. The maximum absolute atomic E-state index is 12.0. The second kappa shape index (κ2) is 8.83. The van der Waals surface area contributed by atoms with Crippen molar-refractivity contribution in [3.63, 3.8) is 0 Å². The van der Waals surface area contributed by atoms with Crippen molar-refractivity contribution < 1.29 is 9.53 Å². The lowest BCUT2D eigenvalue weighted by Crippen LogP contribution is -2.24. The highest BCUT2D eigenvalue weighted by Gasteiger charge is 2.08. The number of aromatic nitrogens is 1. The molecule has 0 atom stereocenters. The average molecular weight is 387 g/mol. The Kier molecular flexibility index (Phi) is 6.26. The fraction of sp³-hybridized carbons (Fsp3) is 0.200. The van der Waals surface area contributed by atoms with Gasteiger partial charge in [0.05, 0.1) is 25.3 Å². The van der Waals surface area contributed by atoms with E-state index in [4.69, 9.17) is 16.3 Å². The molecule has 1 N–H and O–H groups in total. The Labute approximate surface area is 161 Å². The first kappa shape index (κ1) is 18.4. The van der Waals surface area contributed by atoms with Crippen LogP contribution in [-0.2, 0) is 11.3 Å². The van der Waals surface area contributed by atoms with Crippen LogP contribution in [0.25, 0.3) is 10.6 Å². The van der Waals surface area contributed by atoms with Crippen LogP contribution in [0.5, 0.6) is 5.75 Å². The summed E-state index contributed by atoms with van der Waals surface area (Å²) in [7, 11) is 0. The van der Waals surface area contributed by atoms with E-state index in [2.05, 4.69) is 29.4 Å². The van der Waals surface area contributed by atoms with E-state index < -0.39 is 0 Å². The normalized spacial score (nSPS) is 10.5. The molecule has 134 valence electrons. The summed E-state index contributed by atoms with van der Waals surface area (Å²) in [5.41, 5.74) is 3.18. The number of ether oxygens (including phenoxy) is 1. The molecule has 1 heterocycles. The quantitative estimate of drug-likeness (QED) is 0.631. The zero-order chi connectivity index (χ0) is 18.4. The van der Waals surface area contributed by atoms with Gasteiger partial charge in [-0.1, -0.05) is 35.9 Å². The van der Waals surface area contributed by atoms with Gasteiger partial charge in [-0.05, 0) is 36.8 Å². The third-order valence-corrected chi connectivity index (χ3v) is 4.98. The molecule has 0 fully saturated rings. The number of benzene rings is 2. The third kappa shape index (κ3) is 5.07. The van der Waals surface area contributed by atoms with E-state index in [-0.39, 0.29) is 12.3 Å². The highest BCUT2D eigenvalue weighted by atomic mass is 35.5. The van der Waals surface area contributed by atoms with Crippen molar-refractivity contribution in [2.45, 2.75) is 19.9 Å². The van der Waals surface area contributed by atoms with E-state index in [1.807, 2.05) is 17.5 Å². The van der Waals surface area contributed by atoms with Crippen LogP contribution in [0, 0.1) is 6.92 Å². The van der Waals surface area contributed by atoms with Crippen LogP contribution >= 0.6 is 22.9 Å². The summed E-state index contributed by atoms with van der Waals surface area (Å²) in [4.78, 5) is 16.6. The number of aryl methyl sites for hydroxylation is 1. The molecular weight excluding hydrogens is 368 g/mol. The molecule has 0 saturated heterocycles. The summed E-state index contributed by atoms with van der Waals surface area (Å²) in [5, 5.41) is 6.48. The van der Waals surface area contributed by atoms with Crippen molar-refractivity contribution >= 4 is 28.8 Å². The van der Waals surface area contributed by atoms with Gasteiger partial charge in [0, 0.05) is 16.0 Å². The maximum atomic E-state index is 12.0. The maximum Gasteiger partial charge on any atom is 0.223 e. The van der Waals surface area contributed by atoms with Crippen molar-refractivity contribution in [3.8, 4) is 16.3 Å². The standard InChI is InChI=1S/C20H19ClN2O2S/c1-14-4-2-3-5-18(14)20-23-16(13-26-20)12-22-19(24)10-11-25-17-8-6-15(21)7-9-17/h2-9,13H,10-12H2,1H3,(H,22,24). The molecular formula is C20H19ClN2O2S. The van der Waals surface area contributed by atoms with E-state index in [0.717, 1.165) is 16.3 Å². The molecule has 0 aliphatic rings. The highest BCUT2D eigenvalue weighted by Crippen LogP contribution is 2.26. The molecule has 0 aliphatic carbocycles. The number of hydrogen-bond donors (Lipinski definition) is 1. The van der Waals surface area contributed by atoms with Crippen LogP contribution in [0.1, 0.15) is 17.7 Å². The predicted octanol–water partition coefficient (Wildman–Crippen LogP) is 4.86. The zero-order valence-electron chi connectivity index (χ0n) is 14.4. The minimum Gasteiger partial charge on any atom is -0.493 e. The molecule has 3 aromatic rings. The van der Waals surface area contributed by atoms with E-state index in [1.165, 1.54) is 5.56 Å². The molecule has 4 nitrogen and oxygen atoms in total. The molecule has 3 rings (SSSR count). The van der Waals surface area contributed by atoms with Gasteiger partial charge in [-0.15, -0.1) is 11.3 Å². The second-order valence-corrected chi connectivity index (χ2v) is 7.08. The van der Waals surface area contributed by atoms with Crippen molar-refractivity contribution in [1.82, 2.24) is 10.3 Å². The number of nitrogens with one attached hydrogen (secondary N) is 1. The molecule has 1 aromatic heterocycles. The molecule has 6 heteroatoms. The monoisotopic (exact) mass is 386 g/mol. The van der Waals surface area contributed by atoms with Crippen molar-refractivity contribution in [3.05, 3.63) is 70.2 Å². The average Bonchev–Trinajstić information content (AvgIpc) is 3.11. The summed E-state index contributed by atoms with van der Waals surface area (Å²) < 4.78 is 5.53. The Bertz CT molecular complexity index is 878. The molecule has 0 aliphatic heterocycles. The minimum absolute atomic E-state index is 0.0654. The number of carbonyl (C=O) groups excluding carboxylic acids is 1. The summed E-state index contributed by atoms with van der Waals surface area (Å²) in [6.45, 7) is 2.81.